The first kappa shape index (κ1) is 16.3. The number of phenolic OH excluding ortho intramolecular Hbond substituents is 1. The van der Waals surface area contributed by atoms with Crippen molar-refractivity contribution in [2.24, 2.45) is 0 Å². The van der Waals surface area contributed by atoms with Crippen LogP contribution in [0, 0.1) is 6.92 Å². The lowest BCUT2D eigenvalue weighted by molar-refractivity contribution is 0.472. The summed E-state index contributed by atoms with van der Waals surface area (Å²) in [6.07, 6.45) is 1.78. The topological polar surface area (TPSA) is 65.4 Å². The Kier molecular flexibility index (Phi) is 4.39. The van der Waals surface area contributed by atoms with Crippen molar-refractivity contribution in [1.82, 2.24) is 15.0 Å². The van der Waals surface area contributed by atoms with Crippen molar-refractivity contribution in [3.8, 4) is 17.1 Å². The van der Waals surface area contributed by atoms with Gasteiger partial charge >= 0.3 is 0 Å². The van der Waals surface area contributed by atoms with Crippen LogP contribution in [0.1, 0.15) is 5.82 Å². The van der Waals surface area contributed by atoms with Gasteiger partial charge in [0.1, 0.15) is 17.4 Å². The first-order valence-electron chi connectivity index (χ1n) is 8.76. The van der Waals surface area contributed by atoms with E-state index in [0.29, 0.717) is 5.75 Å². The summed E-state index contributed by atoms with van der Waals surface area (Å²) in [6, 6.07) is 15.3. The van der Waals surface area contributed by atoms with E-state index in [1.807, 2.05) is 49.4 Å². The van der Waals surface area contributed by atoms with Crippen LogP contribution in [0.2, 0.25) is 0 Å². The molecule has 1 aliphatic heterocycles. The third kappa shape index (κ3) is 3.31. The molecule has 3 aromatic rings. The maximum Gasteiger partial charge on any atom is 0.138 e. The van der Waals surface area contributed by atoms with Crippen LogP contribution in [0.4, 0.5) is 11.5 Å². The largest absolute Gasteiger partial charge is 0.506 e. The lowest BCUT2D eigenvalue weighted by atomic mass is 10.2. The van der Waals surface area contributed by atoms with Crippen molar-refractivity contribution in [3.05, 3.63) is 60.6 Å². The minimum absolute atomic E-state index is 0.330. The molecule has 0 saturated carbocycles. The van der Waals surface area contributed by atoms with Crippen molar-refractivity contribution >= 4 is 11.5 Å². The molecule has 1 N–H and O–H groups in total. The Morgan fingerprint density at radius 3 is 2.31 bits per heavy atom. The highest BCUT2D eigenvalue weighted by Gasteiger charge is 2.21. The summed E-state index contributed by atoms with van der Waals surface area (Å²) in [5.41, 5.74) is 2.59. The van der Waals surface area contributed by atoms with E-state index >= 15 is 0 Å². The quantitative estimate of drug-likeness (QED) is 0.786. The number of anilines is 2. The van der Waals surface area contributed by atoms with Crippen molar-refractivity contribution in [2.45, 2.75) is 6.92 Å². The number of hydrogen-bond donors (Lipinski definition) is 1. The highest BCUT2D eigenvalue weighted by Crippen LogP contribution is 2.28. The van der Waals surface area contributed by atoms with Crippen LogP contribution < -0.4 is 9.80 Å². The number of rotatable bonds is 3. The number of piperazine rings is 1. The van der Waals surface area contributed by atoms with Crippen molar-refractivity contribution in [2.75, 3.05) is 36.0 Å². The maximum atomic E-state index is 10.1. The van der Waals surface area contributed by atoms with E-state index in [1.165, 1.54) is 0 Å². The molecule has 0 spiro atoms. The number of phenols is 1. The van der Waals surface area contributed by atoms with E-state index in [1.54, 1.807) is 12.3 Å². The Balaban J connectivity index is 1.53. The van der Waals surface area contributed by atoms with E-state index in [0.717, 1.165) is 54.9 Å². The van der Waals surface area contributed by atoms with Gasteiger partial charge in [-0.05, 0) is 31.2 Å². The predicted octanol–water partition coefficient (Wildman–Crippen LogP) is 2.88. The van der Waals surface area contributed by atoms with Gasteiger partial charge in [0, 0.05) is 38.4 Å². The molecule has 26 heavy (non-hydrogen) atoms. The zero-order valence-electron chi connectivity index (χ0n) is 14.7. The molecule has 1 saturated heterocycles. The maximum absolute atomic E-state index is 10.1. The van der Waals surface area contributed by atoms with Crippen LogP contribution in [-0.4, -0.2) is 46.2 Å². The van der Waals surface area contributed by atoms with Gasteiger partial charge in [-0.1, -0.05) is 18.2 Å². The zero-order valence-corrected chi connectivity index (χ0v) is 14.7. The van der Waals surface area contributed by atoms with E-state index in [4.69, 9.17) is 0 Å². The Morgan fingerprint density at radius 1 is 0.846 bits per heavy atom. The van der Waals surface area contributed by atoms with Crippen LogP contribution in [0.5, 0.6) is 5.75 Å². The van der Waals surface area contributed by atoms with Crippen LogP contribution in [-0.2, 0) is 0 Å². The van der Waals surface area contributed by atoms with Gasteiger partial charge in [-0.2, -0.15) is 0 Å². The molecule has 0 amide bonds. The lowest BCUT2D eigenvalue weighted by Crippen LogP contribution is -2.47. The normalized spacial score (nSPS) is 14.5. The number of aromatic nitrogens is 3. The monoisotopic (exact) mass is 347 g/mol. The fourth-order valence-electron chi connectivity index (χ4n) is 3.27. The molecule has 3 heterocycles. The van der Waals surface area contributed by atoms with Crippen LogP contribution in [0.3, 0.4) is 0 Å². The minimum atomic E-state index is 0.330. The van der Waals surface area contributed by atoms with Gasteiger partial charge < -0.3 is 14.9 Å². The van der Waals surface area contributed by atoms with Crippen LogP contribution >= 0.6 is 0 Å². The molecule has 1 aromatic carbocycles. The molecule has 1 aliphatic rings. The second-order valence-corrected chi connectivity index (χ2v) is 6.34. The number of hydrogen-bond acceptors (Lipinski definition) is 6. The first-order chi connectivity index (χ1) is 12.7. The fraction of sp³-hybridized carbons (Fsp3) is 0.250. The van der Waals surface area contributed by atoms with Gasteiger partial charge in [-0.15, -0.1) is 0 Å². The molecule has 4 rings (SSSR count). The summed E-state index contributed by atoms with van der Waals surface area (Å²) < 4.78 is 0. The lowest BCUT2D eigenvalue weighted by Gasteiger charge is -2.37. The third-order valence-corrected chi connectivity index (χ3v) is 4.58. The molecule has 0 aliphatic carbocycles. The van der Waals surface area contributed by atoms with Gasteiger partial charge in [-0.25, -0.2) is 9.97 Å². The molecule has 2 aromatic heterocycles. The highest BCUT2D eigenvalue weighted by molar-refractivity contribution is 5.61. The predicted molar refractivity (Wildman–Crippen MR) is 103 cm³/mol. The molecule has 6 heteroatoms. The molecule has 0 atom stereocenters. The van der Waals surface area contributed by atoms with E-state index < -0.39 is 0 Å². The standard InChI is InChI=1S/C20H21N5O/c1-15-22-17(16-6-4-5-9-21-16)14-20(23-15)25-12-10-24(11-13-25)18-7-2-3-8-19(18)26/h2-9,14,26H,10-13H2,1H3. The number of benzene rings is 1. The van der Waals surface area contributed by atoms with Gasteiger partial charge in [0.25, 0.3) is 0 Å². The zero-order chi connectivity index (χ0) is 17.9. The highest BCUT2D eigenvalue weighted by atomic mass is 16.3. The van der Waals surface area contributed by atoms with E-state index in [9.17, 15) is 5.11 Å². The Labute approximate surface area is 152 Å². The average Bonchev–Trinajstić information content (AvgIpc) is 2.69. The Morgan fingerprint density at radius 2 is 1.58 bits per heavy atom. The van der Waals surface area contributed by atoms with E-state index in [-0.39, 0.29) is 0 Å². The van der Waals surface area contributed by atoms with E-state index in [2.05, 4.69) is 24.8 Å². The molecule has 0 unspecified atom stereocenters. The summed E-state index contributed by atoms with van der Waals surface area (Å²) >= 11 is 0. The summed E-state index contributed by atoms with van der Waals surface area (Å²) in [7, 11) is 0. The van der Waals surface area contributed by atoms with Crippen molar-refractivity contribution < 1.29 is 5.11 Å². The van der Waals surface area contributed by atoms with Gasteiger partial charge in [-0.3, -0.25) is 4.98 Å². The minimum Gasteiger partial charge on any atom is -0.506 e. The molecule has 1 fully saturated rings. The second kappa shape index (κ2) is 7.00. The second-order valence-electron chi connectivity index (χ2n) is 6.34. The molecule has 0 bridgehead atoms. The summed E-state index contributed by atoms with van der Waals surface area (Å²) in [5.74, 6) is 2.00. The Bertz CT molecular complexity index is 892. The van der Waals surface area contributed by atoms with Crippen LogP contribution in [0.15, 0.2) is 54.7 Å². The van der Waals surface area contributed by atoms with Crippen LogP contribution in [0.25, 0.3) is 11.4 Å². The molecule has 132 valence electrons. The molecule has 6 nitrogen and oxygen atoms in total. The average molecular weight is 347 g/mol. The number of aromatic hydroxyl groups is 1. The van der Waals surface area contributed by atoms with Crippen molar-refractivity contribution in [3.63, 3.8) is 0 Å². The SMILES string of the molecule is Cc1nc(-c2ccccn2)cc(N2CCN(c3ccccc3O)CC2)n1. The number of pyridine rings is 1. The first-order valence-corrected chi connectivity index (χ1v) is 8.76. The fourth-order valence-corrected chi connectivity index (χ4v) is 3.27. The van der Waals surface area contributed by atoms with Gasteiger partial charge in [0.2, 0.25) is 0 Å². The summed E-state index contributed by atoms with van der Waals surface area (Å²) in [5, 5.41) is 10.1. The molecular formula is C20H21N5O. The number of aryl methyl sites for hydroxylation is 1. The smallest absolute Gasteiger partial charge is 0.138 e. The summed E-state index contributed by atoms with van der Waals surface area (Å²) in [4.78, 5) is 18.0. The van der Waals surface area contributed by atoms with Crippen molar-refractivity contribution in [1.29, 1.82) is 0 Å². The number of para-hydroxylation sites is 2. The third-order valence-electron chi connectivity index (χ3n) is 4.58. The van der Waals surface area contributed by atoms with Gasteiger partial charge in [0.15, 0.2) is 0 Å². The summed E-state index contributed by atoms with van der Waals surface area (Å²) in [6.45, 7) is 5.26. The number of nitrogens with zero attached hydrogens (tertiary/aromatic N) is 5. The Hall–Kier alpha value is -3.15. The van der Waals surface area contributed by atoms with Gasteiger partial charge in [0.05, 0.1) is 17.1 Å². The molecule has 0 radical (unpaired) electrons. The molecular weight excluding hydrogens is 326 g/mol.